The Morgan fingerprint density at radius 2 is 1.96 bits per heavy atom. The van der Waals surface area contributed by atoms with Gasteiger partial charge in [-0.1, -0.05) is 6.58 Å². The van der Waals surface area contributed by atoms with Gasteiger partial charge < -0.3 is 14.0 Å². The SMILES string of the molecule is C=C(OCC)c1cn([C@@H](C)C(F)(F)F)c2c(OC)c(F)c(F)cc2c1=O. The molecule has 0 fully saturated rings. The quantitative estimate of drug-likeness (QED) is 0.572. The lowest BCUT2D eigenvalue weighted by Crippen LogP contribution is -2.27. The van der Waals surface area contributed by atoms with Crippen LogP contribution in [0.4, 0.5) is 22.0 Å². The van der Waals surface area contributed by atoms with Gasteiger partial charge in [0.1, 0.15) is 11.8 Å². The van der Waals surface area contributed by atoms with Crippen LogP contribution in [0.5, 0.6) is 5.75 Å². The van der Waals surface area contributed by atoms with Gasteiger partial charge in [0.15, 0.2) is 11.6 Å². The third-order valence-corrected chi connectivity index (χ3v) is 3.88. The molecule has 0 saturated carbocycles. The summed E-state index contributed by atoms with van der Waals surface area (Å²) in [4.78, 5) is 12.6. The molecule has 1 heterocycles. The lowest BCUT2D eigenvalue weighted by Gasteiger charge is -2.24. The van der Waals surface area contributed by atoms with Crippen molar-refractivity contribution >= 4 is 16.7 Å². The zero-order chi connectivity index (χ0) is 19.8. The number of benzene rings is 1. The molecule has 0 saturated heterocycles. The molecule has 2 rings (SSSR count). The standard InChI is InChI=1S/C17H16F5NO3/c1-5-26-8(2)11-7-23(9(3)17(20,21)22)14-10(15(11)24)6-12(18)13(19)16(14)25-4/h6-7,9H,2,5H2,1,3-4H3/t9-/m0/s1. The number of methoxy groups -OCH3 is 1. The first kappa shape index (κ1) is 19.7. The number of hydrogen-bond donors (Lipinski definition) is 0. The summed E-state index contributed by atoms with van der Waals surface area (Å²) in [6, 6.07) is -1.62. The minimum absolute atomic E-state index is 0.117. The Hall–Kier alpha value is -2.58. The third kappa shape index (κ3) is 3.25. The summed E-state index contributed by atoms with van der Waals surface area (Å²) < 4.78 is 78.2. The molecule has 0 aliphatic heterocycles. The van der Waals surface area contributed by atoms with Crippen LogP contribution in [0.1, 0.15) is 25.5 Å². The third-order valence-electron chi connectivity index (χ3n) is 3.88. The highest BCUT2D eigenvalue weighted by Crippen LogP contribution is 2.37. The molecule has 0 radical (unpaired) electrons. The first-order valence-electron chi connectivity index (χ1n) is 7.54. The van der Waals surface area contributed by atoms with Gasteiger partial charge in [-0.2, -0.15) is 17.6 Å². The topological polar surface area (TPSA) is 40.5 Å². The van der Waals surface area contributed by atoms with Crippen LogP contribution >= 0.6 is 0 Å². The number of hydrogen-bond acceptors (Lipinski definition) is 3. The van der Waals surface area contributed by atoms with Gasteiger partial charge in [-0.3, -0.25) is 4.79 Å². The Balaban J connectivity index is 3.02. The first-order valence-corrected chi connectivity index (χ1v) is 7.54. The number of nitrogens with zero attached hydrogens (tertiary/aromatic N) is 1. The van der Waals surface area contributed by atoms with Gasteiger partial charge in [0.25, 0.3) is 0 Å². The van der Waals surface area contributed by atoms with Crippen LogP contribution in [-0.4, -0.2) is 24.5 Å². The van der Waals surface area contributed by atoms with Crippen molar-refractivity contribution in [2.24, 2.45) is 0 Å². The van der Waals surface area contributed by atoms with Gasteiger partial charge in [-0.15, -0.1) is 0 Å². The Morgan fingerprint density at radius 3 is 2.46 bits per heavy atom. The molecule has 0 amide bonds. The summed E-state index contributed by atoms with van der Waals surface area (Å²) in [6.45, 7) is 6.04. The maximum atomic E-state index is 14.0. The Bertz CT molecular complexity index is 917. The normalized spacial score (nSPS) is 12.9. The molecular weight excluding hydrogens is 361 g/mol. The summed E-state index contributed by atoms with van der Waals surface area (Å²) in [5.41, 5.74) is -1.64. The maximum Gasteiger partial charge on any atom is 0.408 e. The molecule has 2 aromatic rings. The smallest absolute Gasteiger partial charge is 0.408 e. The van der Waals surface area contributed by atoms with E-state index in [4.69, 9.17) is 9.47 Å². The number of ether oxygens (including phenoxy) is 2. The number of halogens is 5. The van der Waals surface area contributed by atoms with Gasteiger partial charge >= 0.3 is 6.18 Å². The first-order chi connectivity index (χ1) is 12.0. The number of alkyl halides is 3. The Labute approximate surface area is 145 Å². The van der Waals surface area contributed by atoms with Gasteiger partial charge in [0, 0.05) is 6.20 Å². The fourth-order valence-corrected chi connectivity index (χ4v) is 2.53. The van der Waals surface area contributed by atoms with E-state index in [0.29, 0.717) is 10.6 Å². The minimum atomic E-state index is -4.72. The van der Waals surface area contributed by atoms with E-state index in [9.17, 15) is 26.7 Å². The van der Waals surface area contributed by atoms with Crippen LogP contribution in [0.2, 0.25) is 0 Å². The van der Waals surface area contributed by atoms with Crippen LogP contribution in [0.25, 0.3) is 16.7 Å². The van der Waals surface area contributed by atoms with Crippen molar-refractivity contribution in [1.82, 2.24) is 4.57 Å². The van der Waals surface area contributed by atoms with Gasteiger partial charge in [0.2, 0.25) is 11.2 Å². The van der Waals surface area contributed by atoms with E-state index in [-0.39, 0.29) is 17.9 Å². The predicted molar refractivity (Wildman–Crippen MR) is 86.1 cm³/mol. The van der Waals surface area contributed by atoms with Crippen molar-refractivity contribution in [3.63, 3.8) is 0 Å². The fraction of sp³-hybridized carbons (Fsp3) is 0.353. The molecule has 0 bridgehead atoms. The van der Waals surface area contributed by atoms with Crippen LogP contribution < -0.4 is 10.2 Å². The maximum absolute atomic E-state index is 14.0. The zero-order valence-corrected chi connectivity index (χ0v) is 14.2. The Morgan fingerprint density at radius 1 is 1.35 bits per heavy atom. The van der Waals surface area contributed by atoms with E-state index in [1.807, 2.05) is 0 Å². The molecule has 0 aliphatic rings. The molecule has 0 N–H and O–H groups in total. The molecular formula is C17H16F5NO3. The molecule has 1 aromatic heterocycles. The van der Waals surface area contributed by atoms with E-state index < -0.39 is 45.9 Å². The molecule has 142 valence electrons. The summed E-state index contributed by atoms with van der Waals surface area (Å²) in [5.74, 6) is -3.87. The zero-order valence-electron chi connectivity index (χ0n) is 14.2. The van der Waals surface area contributed by atoms with Crippen molar-refractivity contribution in [2.75, 3.05) is 13.7 Å². The van der Waals surface area contributed by atoms with E-state index >= 15 is 0 Å². The van der Waals surface area contributed by atoms with Crippen LogP contribution in [0.15, 0.2) is 23.6 Å². The van der Waals surface area contributed by atoms with Crippen molar-refractivity contribution in [2.45, 2.75) is 26.1 Å². The van der Waals surface area contributed by atoms with E-state index in [1.54, 1.807) is 6.92 Å². The van der Waals surface area contributed by atoms with Crippen LogP contribution in [0, 0.1) is 11.6 Å². The van der Waals surface area contributed by atoms with Crippen molar-refractivity contribution in [3.05, 3.63) is 46.3 Å². The van der Waals surface area contributed by atoms with Gasteiger partial charge in [0.05, 0.1) is 30.2 Å². The molecule has 1 atom stereocenters. The predicted octanol–water partition coefficient (Wildman–Crippen LogP) is 4.42. The second kappa shape index (κ2) is 6.97. The van der Waals surface area contributed by atoms with Crippen molar-refractivity contribution in [3.8, 4) is 5.75 Å². The average Bonchev–Trinajstić information content (AvgIpc) is 2.56. The lowest BCUT2D eigenvalue weighted by atomic mass is 10.1. The van der Waals surface area contributed by atoms with Crippen molar-refractivity contribution in [1.29, 1.82) is 0 Å². The molecule has 0 spiro atoms. The van der Waals surface area contributed by atoms with Crippen LogP contribution in [0.3, 0.4) is 0 Å². The largest absolute Gasteiger partial charge is 0.494 e. The van der Waals surface area contributed by atoms with Gasteiger partial charge in [-0.05, 0) is 19.9 Å². The molecule has 4 nitrogen and oxygen atoms in total. The van der Waals surface area contributed by atoms with Gasteiger partial charge in [-0.25, -0.2) is 4.39 Å². The minimum Gasteiger partial charge on any atom is -0.494 e. The average molecular weight is 377 g/mol. The second-order valence-corrected chi connectivity index (χ2v) is 5.45. The molecule has 0 aliphatic carbocycles. The van der Waals surface area contributed by atoms with E-state index in [0.717, 1.165) is 20.2 Å². The van der Waals surface area contributed by atoms with E-state index in [2.05, 4.69) is 6.58 Å². The summed E-state index contributed by atoms with van der Waals surface area (Å²) in [6.07, 6.45) is -3.86. The number of rotatable bonds is 5. The molecule has 26 heavy (non-hydrogen) atoms. The summed E-state index contributed by atoms with van der Waals surface area (Å²) in [5, 5.41) is -0.477. The summed E-state index contributed by atoms with van der Waals surface area (Å²) >= 11 is 0. The highest BCUT2D eigenvalue weighted by Gasteiger charge is 2.39. The number of aromatic nitrogens is 1. The molecule has 9 heteroatoms. The summed E-state index contributed by atoms with van der Waals surface area (Å²) in [7, 11) is 0.970. The van der Waals surface area contributed by atoms with E-state index in [1.165, 1.54) is 0 Å². The Kier molecular flexibility index (Phi) is 5.29. The second-order valence-electron chi connectivity index (χ2n) is 5.45. The number of fused-ring (bicyclic) bond motifs is 1. The highest BCUT2D eigenvalue weighted by atomic mass is 19.4. The number of pyridine rings is 1. The van der Waals surface area contributed by atoms with Crippen LogP contribution in [-0.2, 0) is 4.74 Å². The molecule has 1 aromatic carbocycles. The highest BCUT2D eigenvalue weighted by molar-refractivity contribution is 5.87. The lowest BCUT2D eigenvalue weighted by molar-refractivity contribution is -0.162. The fourth-order valence-electron chi connectivity index (χ4n) is 2.53. The van der Waals surface area contributed by atoms with Crippen molar-refractivity contribution < 1.29 is 31.4 Å². The monoisotopic (exact) mass is 377 g/mol. The molecule has 0 unspecified atom stereocenters.